The fourth-order valence-electron chi connectivity index (χ4n) is 7.32. The molecule has 0 unspecified atom stereocenters. The first-order chi connectivity index (χ1) is 10.5. The second kappa shape index (κ2) is 4.16. The molecule has 1 nitrogen and oxygen atoms in total. The van der Waals surface area contributed by atoms with Crippen LogP contribution in [0.3, 0.4) is 0 Å². The molecule has 0 bridgehead atoms. The third kappa shape index (κ3) is 1.44. The monoisotopic (exact) mass is 296 g/mol. The average Bonchev–Trinajstić information content (AvgIpc) is 2.81. The summed E-state index contributed by atoms with van der Waals surface area (Å²) in [5.74, 6) is 3.06. The standard InChI is InChI=1S/C21H28O/c1-20-10-3-4-16(20)14-6-5-13-12-19(22)15-7-8-17(15)21(13,2)18(14)9-11-20/h12,14,16,18H,3-11H2,1-2H3/t14-,16-,18-,20-,21+/m0/s1. The van der Waals surface area contributed by atoms with E-state index in [4.69, 9.17) is 0 Å². The Morgan fingerprint density at radius 1 is 1.00 bits per heavy atom. The van der Waals surface area contributed by atoms with Crippen molar-refractivity contribution < 1.29 is 4.79 Å². The Morgan fingerprint density at radius 3 is 2.64 bits per heavy atom. The number of allylic oxidation sites excluding steroid dienone is 4. The van der Waals surface area contributed by atoms with E-state index in [0.29, 0.717) is 11.2 Å². The molecule has 0 aromatic heterocycles. The van der Waals surface area contributed by atoms with Crippen molar-refractivity contribution in [1.82, 2.24) is 0 Å². The van der Waals surface area contributed by atoms with Crippen LogP contribution in [0.25, 0.3) is 0 Å². The molecule has 22 heavy (non-hydrogen) atoms. The summed E-state index contributed by atoms with van der Waals surface area (Å²) in [6.07, 6.45) is 14.0. The van der Waals surface area contributed by atoms with Crippen LogP contribution >= 0.6 is 0 Å². The lowest BCUT2D eigenvalue weighted by molar-refractivity contribution is -0.112. The van der Waals surface area contributed by atoms with E-state index in [1.807, 2.05) is 0 Å². The van der Waals surface area contributed by atoms with Gasteiger partial charge in [-0.2, -0.15) is 0 Å². The molecule has 1 heteroatoms. The number of carbonyl (C=O) groups is 1. The Labute approximate surface area is 134 Å². The van der Waals surface area contributed by atoms with Crippen LogP contribution in [0.1, 0.15) is 71.6 Å². The van der Waals surface area contributed by atoms with Gasteiger partial charge in [0.1, 0.15) is 0 Å². The third-order valence-corrected chi connectivity index (χ3v) is 8.59. The molecule has 0 aromatic rings. The summed E-state index contributed by atoms with van der Waals surface area (Å²) in [5.41, 5.74) is 5.16. The van der Waals surface area contributed by atoms with Crippen LogP contribution in [-0.4, -0.2) is 5.78 Å². The Balaban J connectivity index is 1.59. The molecule has 5 aliphatic rings. The highest BCUT2D eigenvalue weighted by Gasteiger charge is 2.58. The van der Waals surface area contributed by atoms with Gasteiger partial charge in [-0.15, -0.1) is 0 Å². The van der Waals surface area contributed by atoms with Crippen LogP contribution in [0.2, 0.25) is 0 Å². The van der Waals surface area contributed by atoms with Crippen LogP contribution in [0, 0.1) is 28.6 Å². The number of ketones is 1. The third-order valence-electron chi connectivity index (χ3n) is 8.59. The van der Waals surface area contributed by atoms with E-state index in [9.17, 15) is 4.79 Å². The number of hydrogen-bond acceptors (Lipinski definition) is 1. The molecule has 3 saturated carbocycles. The summed E-state index contributed by atoms with van der Waals surface area (Å²) in [5, 5.41) is 0. The zero-order chi connectivity index (χ0) is 15.1. The maximum absolute atomic E-state index is 12.3. The van der Waals surface area contributed by atoms with Crippen LogP contribution in [0.5, 0.6) is 0 Å². The van der Waals surface area contributed by atoms with Crippen molar-refractivity contribution in [3.05, 3.63) is 22.8 Å². The van der Waals surface area contributed by atoms with Crippen molar-refractivity contribution in [2.75, 3.05) is 0 Å². The molecular formula is C21H28O. The first-order valence-corrected chi connectivity index (χ1v) is 9.52. The second-order valence-corrected chi connectivity index (χ2v) is 9.19. The predicted molar refractivity (Wildman–Crippen MR) is 88.4 cm³/mol. The van der Waals surface area contributed by atoms with E-state index in [0.717, 1.165) is 24.2 Å². The molecule has 118 valence electrons. The highest BCUT2D eigenvalue weighted by atomic mass is 16.1. The van der Waals surface area contributed by atoms with Gasteiger partial charge in [0.25, 0.3) is 0 Å². The van der Waals surface area contributed by atoms with Crippen LogP contribution in [-0.2, 0) is 4.79 Å². The fraction of sp³-hybridized carbons (Fsp3) is 0.762. The molecule has 5 atom stereocenters. The molecule has 0 spiro atoms. The normalized spacial score (nSPS) is 49.6. The summed E-state index contributed by atoms with van der Waals surface area (Å²) in [7, 11) is 0. The number of carbonyl (C=O) groups excluding carboxylic acids is 1. The highest BCUT2D eigenvalue weighted by Crippen LogP contribution is 2.67. The van der Waals surface area contributed by atoms with Crippen LogP contribution in [0.4, 0.5) is 0 Å². The summed E-state index contributed by atoms with van der Waals surface area (Å²) in [6.45, 7) is 5.08. The Morgan fingerprint density at radius 2 is 1.86 bits per heavy atom. The van der Waals surface area contributed by atoms with Gasteiger partial charge in [-0.1, -0.05) is 31.4 Å². The molecule has 5 aliphatic carbocycles. The van der Waals surface area contributed by atoms with Crippen molar-refractivity contribution >= 4 is 5.78 Å². The minimum absolute atomic E-state index is 0.258. The zero-order valence-electron chi connectivity index (χ0n) is 14.1. The zero-order valence-corrected chi connectivity index (χ0v) is 14.1. The first kappa shape index (κ1) is 13.6. The molecule has 0 aliphatic heterocycles. The maximum atomic E-state index is 12.3. The molecule has 0 radical (unpaired) electrons. The largest absolute Gasteiger partial charge is 0.290 e. The van der Waals surface area contributed by atoms with Crippen LogP contribution in [0.15, 0.2) is 22.8 Å². The van der Waals surface area contributed by atoms with Crippen molar-refractivity contribution in [2.45, 2.75) is 71.6 Å². The molecule has 3 fully saturated rings. The van der Waals surface area contributed by atoms with E-state index in [1.165, 1.54) is 62.5 Å². The van der Waals surface area contributed by atoms with Gasteiger partial charge in [0.2, 0.25) is 0 Å². The minimum atomic E-state index is 0.258. The molecule has 0 saturated heterocycles. The van der Waals surface area contributed by atoms with Gasteiger partial charge in [0.15, 0.2) is 5.78 Å². The summed E-state index contributed by atoms with van der Waals surface area (Å²) >= 11 is 0. The van der Waals surface area contributed by atoms with Gasteiger partial charge in [0.05, 0.1) is 0 Å². The van der Waals surface area contributed by atoms with E-state index in [-0.39, 0.29) is 5.41 Å². The fourth-order valence-corrected chi connectivity index (χ4v) is 7.32. The molecular weight excluding hydrogens is 268 g/mol. The van der Waals surface area contributed by atoms with E-state index in [1.54, 1.807) is 5.57 Å². The molecule has 0 N–H and O–H groups in total. The topological polar surface area (TPSA) is 17.1 Å². The predicted octanol–water partition coefficient (Wildman–Crippen LogP) is 5.22. The van der Waals surface area contributed by atoms with Gasteiger partial charge < -0.3 is 0 Å². The maximum Gasteiger partial charge on any atom is 0.181 e. The van der Waals surface area contributed by atoms with Gasteiger partial charge in [0, 0.05) is 5.41 Å². The Kier molecular flexibility index (Phi) is 2.57. The van der Waals surface area contributed by atoms with E-state index in [2.05, 4.69) is 19.9 Å². The van der Waals surface area contributed by atoms with Crippen molar-refractivity contribution in [1.29, 1.82) is 0 Å². The van der Waals surface area contributed by atoms with E-state index < -0.39 is 0 Å². The molecule has 0 aromatic carbocycles. The quantitative estimate of drug-likeness (QED) is 0.599. The SMILES string of the molecule is C[C@@]12CCC[C@H]1[C@@H]1CCC3=CC(=O)C4=C(CC4)[C@]3(C)[C@H]1CC2. The minimum Gasteiger partial charge on any atom is -0.290 e. The van der Waals surface area contributed by atoms with Crippen LogP contribution < -0.4 is 0 Å². The number of fused-ring (bicyclic) bond motifs is 6. The Hall–Kier alpha value is -0.850. The summed E-state index contributed by atoms with van der Waals surface area (Å²) < 4.78 is 0. The highest BCUT2D eigenvalue weighted by molar-refractivity contribution is 6.08. The number of hydrogen-bond donors (Lipinski definition) is 0. The Bertz CT molecular complexity index is 624. The lowest BCUT2D eigenvalue weighted by Crippen LogP contribution is -2.51. The summed E-state index contributed by atoms with van der Waals surface area (Å²) in [4.78, 5) is 12.3. The number of rotatable bonds is 0. The van der Waals surface area contributed by atoms with Gasteiger partial charge in [-0.3, -0.25) is 4.79 Å². The van der Waals surface area contributed by atoms with Crippen molar-refractivity contribution in [3.63, 3.8) is 0 Å². The second-order valence-electron chi connectivity index (χ2n) is 9.19. The summed E-state index contributed by atoms with van der Waals surface area (Å²) in [6, 6.07) is 0. The van der Waals surface area contributed by atoms with Gasteiger partial charge in [-0.05, 0) is 86.2 Å². The smallest absolute Gasteiger partial charge is 0.181 e. The van der Waals surface area contributed by atoms with E-state index >= 15 is 0 Å². The van der Waals surface area contributed by atoms with Gasteiger partial charge in [-0.25, -0.2) is 0 Å². The van der Waals surface area contributed by atoms with Crippen molar-refractivity contribution in [2.24, 2.45) is 28.6 Å². The molecule has 0 heterocycles. The molecule has 0 amide bonds. The lowest BCUT2D eigenvalue weighted by atomic mass is 9.45. The average molecular weight is 296 g/mol. The molecule has 5 rings (SSSR count). The van der Waals surface area contributed by atoms with Crippen molar-refractivity contribution in [3.8, 4) is 0 Å². The first-order valence-electron chi connectivity index (χ1n) is 9.52. The lowest BCUT2D eigenvalue weighted by Gasteiger charge is -2.59. The van der Waals surface area contributed by atoms with Gasteiger partial charge >= 0.3 is 0 Å².